The summed E-state index contributed by atoms with van der Waals surface area (Å²) < 4.78 is 29.5. The Kier molecular flexibility index (Phi) is 7.62. The highest BCUT2D eigenvalue weighted by Gasteiger charge is 2.32. The molecule has 2 aliphatic rings. The van der Waals surface area contributed by atoms with Crippen LogP contribution in [-0.4, -0.2) is 38.4 Å². The van der Waals surface area contributed by atoms with Crippen molar-refractivity contribution >= 4 is 27.5 Å². The highest BCUT2D eigenvalue weighted by molar-refractivity contribution is 7.89. The average Bonchev–Trinajstić information content (AvgIpc) is 3.15. The Balaban J connectivity index is 1.55. The minimum absolute atomic E-state index is 0.0248. The largest absolute Gasteiger partial charge is 0.352 e. The second kappa shape index (κ2) is 10.5. The van der Waals surface area contributed by atoms with Gasteiger partial charge in [0.2, 0.25) is 21.8 Å². The van der Waals surface area contributed by atoms with Crippen LogP contribution in [-0.2, 0) is 32.5 Å². The van der Waals surface area contributed by atoms with E-state index in [2.05, 4.69) is 17.0 Å². The van der Waals surface area contributed by atoms with Crippen LogP contribution in [0.15, 0.2) is 53.4 Å². The number of amides is 2. The maximum atomic E-state index is 13.4. The predicted molar refractivity (Wildman–Crippen MR) is 137 cm³/mol. The van der Waals surface area contributed by atoms with Crippen molar-refractivity contribution in [2.45, 2.75) is 82.3 Å². The molecule has 7 nitrogen and oxygen atoms in total. The molecule has 0 radical (unpaired) electrons. The number of hydrogen-bond acceptors (Lipinski definition) is 4. The molecule has 1 fully saturated rings. The summed E-state index contributed by atoms with van der Waals surface area (Å²) in [5.74, 6) is 0.291. The average molecular weight is 498 g/mol. The minimum atomic E-state index is -3.97. The summed E-state index contributed by atoms with van der Waals surface area (Å²) in [5.41, 5.74) is 2.44. The SMILES string of the molecule is CC(=O)N1c2ccc(S(=O)(=O)N[C@@H](Cc3ccccc3)C(=O)NC3CCC(C)CC3)cc2C[C@H]1C. The molecule has 0 spiro atoms. The van der Waals surface area contributed by atoms with Crippen LogP contribution in [0, 0.1) is 5.92 Å². The first-order chi connectivity index (χ1) is 16.6. The molecule has 2 atom stereocenters. The van der Waals surface area contributed by atoms with E-state index < -0.39 is 16.1 Å². The van der Waals surface area contributed by atoms with E-state index >= 15 is 0 Å². The van der Waals surface area contributed by atoms with Gasteiger partial charge in [0, 0.05) is 24.7 Å². The molecule has 1 heterocycles. The highest BCUT2D eigenvalue weighted by atomic mass is 32.2. The lowest BCUT2D eigenvalue weighted by Gasteiger charge is -2.29. The highest BCUT2D eigenvalue weighted by Crippen LogP contribution is 2.34. The van der Waals surface area contributed by atoms with E-state index in [1.54, 1.807) is 17.0 Å². The van der Waals surface area contributed by atoms with Gasteiger partial charge in [0.15, 0.2) is 0 Å². The van der Waals surface area contributed by atoms with Gasteiger partial charge in [-0.25, -0.2) is 8.42 Å². The number of rotatable bonds is 7. The normalized spacial score (nSPS) is 22.9. The molecule has 2 amide bonds. The van der Waals surface area contributed by atoms with Gasteiger partial charge in [-0.3, -0.25) is 9.59 Å². The van der Waals surface area contributed by atoms with Crippen molar-refractivity contribution in [3.05, 3.63) is 59.7 Å². The number of nitrogens with zero attached hydrogens (tertiary/aromatic N) is 1. The number of anilines is 1. The zero-order chi connectivity index (χ0) is 25.2. The molecule has 188 valence electrons. The predicted octanol–water partition coefficient (Wildman–Crippen LogP) is 3.57. The van der Waals surface area contributed by atoms with E-state index in [0.717, 1.165) is 42.5 Å². The van der Waals surface area contributed by atoms with Gasteiger partial charge in [-0.05, 0) is 80.7 Å². The Morgan fingerprint density at radius 1 is 1.03 bits per heavy atom. The molecule has 1 saturated carbocycles. The molecule has 0 saturated heterocycles. The number of nitrogens with one attached hydrogen (secondary N) is 2. The van der Waals surface area contributed by atoms with Crippen molar-refractivity contribution in [2.24, 2.45) is 5.92 Å². The number of hydrogen-bond donors (Lipinski definition) is 2. The van der Waals surface area contributed by atoms with Crippen LogP contribution < -0.4 is 14.9 Å². The summed E-state index contributed by atoms with van der Waals surface area (Å²) in [4.78, 5) is 27.1. The van der Waals surface area contributed by atoms with Crippen LogP contribution in [0.5, 0.6) is 0 Å². The van der Waals surface area contributed by atoms with E-state index in [1.165, 1.54) is 13.0 Å². The fourth-order valence-corrected chi connectivity index (χ4v) is 6.50. The monoisotopic (exact) mass is 497 g/mol. The summed E-state index contributed by atoms with van der Waals surface area (Å²) in [6.45, 7) is 5.68. The minimum Gasteiger partial charge on any atom is -0.352 e. The van der Waals surface area contributed by atoms with Gasteiger partial charge in [0.25, 0.3) is 0 Å². The molecule has 0 unspecified atom stereocenters. The van der Waals surface area contributed by atoms with E-state index in [1.807, 2.05) is 37.3 Å². The zero-order valence-electron chi connectivity index (χ0n) is 20.7. The molecule has 8 heteroatoms. The summed E-state index contributed by atoms with van der Waals surface area (Å²) >= 11 is 0. The number of carbonyl (C=O) groups excluding carboxylic acids is 2. The van der Waals surface area contributed by atoms with Crippen molar-refractivity contribution in [1.82, 2.24) is 10.0 Å². The lowest BCUT2D eigenvalue weighted by molar-refractivity contribution is -0.123. The molecule has 1 aliphatic carbocycles. The van der Waals surface area contributed by atoms with Crippen LogP contribution in [0.1, 0.15) is 57.6 Å². The maximum Gasteiger partial charge on any atom is 0.241 e. The van der Waals surface area contributed by atoms with Crippen molar-refractivity contribution in [3.8, 4) is 0 Å². The quantitative estimate of drug-likeness (QED) is 0.611. The van der Waals surface area contributed by atoms with E-state index in [9.17, 15) is 18.0 Å². The lowest BCUT2D eigenvalue weighted by Crippen LogP contribution is -2.51. The molecule has 4 rings (SSSR count). The van der Waals surface area contributed by atoms with Crippen molar-refractivity contribution in [3.63, 3.8) is 0 Å². The van der Waals surface area contributed by atoms with Gasteiger partial charge in [-0.1, -0.05) is 37.3 Å². The molecule has 2 aromatic rings. The zero-order valence-corrected chi connectivity index (χ0v) is 21.5. The van der Waals surface area contributed by atoms with Crippen molar-refractivity contribution in [1.29, 1.82) is 0 Å². The van der Waals surface area contributed by atoms with Crippen molar-refractivity contribution in [2.75, 3.05) is 4.90 Å². The molecule has 1 aliphatic heterocycles. The van der Waals surface area contributed by atoms with E-state index in [-0.39, 0.29) is 35.2 Å². The van der Waals surface area contributed by atoms with E-state index in [0.29, 0.717) is 12.3 Å². The van der Waals surface area contributed by atoms with Gasteiger partial charge < -0.3 is 10.2 Å². The van der Waals surface area contributed by atoms with Crippen molar-refractivity contribution < 1.29 is 18.0 Å². The standard InChI is InChI=1S/C27H35N3O4S/c1-18-9-11-23(12-10-18)28-27(32)25(16-21-7-5-4-6-8-21)29-35(33,34)24-13-14-26-22(17-24)15-19(2)30(26)20(3)31/h4-8,13-14,17-19,23,25,29H,9-12,15-16H2,1-3H3,(H,28,32)/t18?,19-,23?,25+/m1/s1. The van der Waals surface area contributed by atoms with Gasteiger partial charge in [-0.2, -0.15) is 4.72 Å². The first-order valence-corrected chi connectivity index (χ1v) is 13.9. The number of fused-ring (bicyclic) bond motifs is 1. The molecule has 0 aromatic heterocycles. The Labute approximate surface area is 208 Å². The Hall–Kier alpha value is -2.71. The van der Waals surface area contributed by atoms with Crippen LogP contribution >= 0.6 is 0 Å². The van der Waals surface area contributed by atoms with Gasteiger partial charge in [-0.15, -0.1) is 0 Å². The van der Waals surface area contributed by atoms with Crippen LogP contribution in [0.25, 0.3) is 0 Å². The fourth-order valence-electron chi connectivity index (χ4n) is 5.25. The van der Waals surface area contributed by atoms with Gasteiger partial charge in [0.1, 0.15) is 6.04 Å². The lowest BCUT2D eigenvalue weighted by atomic mass is 9.87. The topological polar surface area (TPSA) is 95.6 Å². The summed E-state index contributed by atoms with van der Waals surface area (Å²) in [5, 5.41) is 3.09. The third-order valence-electron chi connectivity index (χ3n) is 7.17. The van der Waals surface area contributed by atoms with E-state index in [4.69, 9.17) is 0 Å². The summed E-state index contributed by atoms with van der Waals surface area (Å²) in [7, 11) is -3.97. The first kappa shape index (κ1) is 25.4. The number of carbonyl (C=O) groups is 2. The molecular weight excluding hydrogens is 462 g/mol. The Bertz CT molecular complexity index is 1170. The molecule has 2 aromatic carbocycles. The van der Waals surface area contributed by atoms with Gasteiger partial charge in [0.05, 0.1) is 4.90 Å². The molecular formula is C27H35N3O4S. The maximum absolute atomic E-state index is 13.4. The first-order valence-electron chi connectivity index (χ1n) is 12.4. The second-order valence-corrected chi connectivity index (χ2v) is 11.8. The van der Waals surface area contributed by atoms with Crippen LogP contribution in [0.3, 0.4) is 0 Å². The van der Waals surface area contributed by atoms with Crippen LogP contribution in [0.2, 0.25) is 0 Å². The molecule has 35 heavy (non-hydrogen) atoms. The molecule has 2 N–H and O–H groups in total. The van der Waals surface area contributed by atoms with Gasteiger partial charge >= 0.3 is 0 Å². The third-order valence-corrected chi connectivity index (χ3v) is 8.64. The Morgan fingerprint density at radius 3 is 2.37 bits per heavy atom. The van der Waals surface area contributed by atoms with Crippen LogP contribution in [0.4, 0.5) is 5.69 Å². The fraction of sp³-hybridized carbons (Fsp3) is 0.481. The smallest absolute Gasteiger partial charge is 0.241 e. The summed E-state index contributed by atoms with van der Waals surface area (Å²) in [6.07, 6.45) is 4.79. The number of benzene rings is 2. The molecule has 0 bridgehead atoms. The second-order valence-electron chi connectivity index (χ2n) is 10.1. The summed E-state index contributed by atoms with van der Waals surface area (Å²) in [6, 6.07) is 13.4. The third kappa shape index (κ3) is 5.93. The Morgan fingerprint density at radius 2 is 1.71 bits per heavy atom. The number of sulfonamides is 1.